The van der Waals surface area contributed by atoms with E-state index in [0.717, 1.165) is 37.3 Å². The quantitative estimate of drug-likeness (QED) is 0.836. The molecule has 1 aromatic carbocycles. The predicted molar refractivity (Wildman–Crippen MR) is 83.9 cm³/mol. The summed E-state index contributed by atoms with van der Waals surface area (Å²) in [4.78, 5) is 2.12. The highest BCUT2D eigenvalue weighted by atomic mass is 16.5. The van der Waals surface area contributed by atoms with Crippen LogP contribution in [0.15, 0.2) is 18.2 Å². The Bertz CT molecular complexity index is 444. The fourth-order valence-corrected chi connectivity index (χ4v) is 2.67. The van der Waals surface area contributed by atoms with Crippen LogP contribution in [0.25, 0.3) is 0 Å². The normalized spacial score (nSPS) is 20.0. The first-order chi connectivity index (χ1) is 10.0. The van der Waals surface area contributed by atoms with Gasteiger partial charge in [-0.25, -0.2) is 0 Å². The van der Waals surface area contributed by atoms with Gasteiger partial charge in [-0.15, -0.1) is 0 Å². The molecule has 2 unspecified atom stereocenters. The number of aryl methyl sites for hydroxylation is 2. The van der Waals surface area contributed by atoms with E-state index in [1.807, 2.05) is 33.0 Å². The molecule has 1 saturated heterocycles. The van der Waals surface area contributed by atoms with Crippen LogP contribution in [0.4, 0.5) is 0 Å². The summed E-state index contributed by atoms with van der Waals surface area (Å²) in [7, 11) is 2.02. The highest BCUT2D eigenvalue weighted by Crippen LogP contribution is 2.19. The molecule has 1 heterocycles. The first-order valence-electron chi connectivity index (χ1n) is 7.73. The number of hydrogen-bond donors (Lipinski definition) is 1. The Morgan fingerprint density at radius 1 is 1.43 bits per heavy atom. The standard InChI is InChI=1S/C17H27NO3/c1-13-6-7-14(2)17(9-13)21-12-15(19)10-18(3)11-16-5-4-8-20-16/h6-7,9,15-16,19H,4-5,8,10-12H2,1-3H3. The summed E-state index contributed by atoms with van der Waals surface area (Å²) in [6.45, 7) is 6.73. The van der Waals surface area contributed by atoms with Gasteiger partial charge in [-0.3, -0.25) is 0 Å². The summed E-state index contributed by atoms with van der Waals surface area (Å²) in [5.74, 6) is 0.857. The van der Waals surface area contributed by atoms with Crippen LogP contribution in [-0.4, -0.2) is 55.6 Å². The topological polar surface area (TPSA) is 41.9 Å². The van der Waals surface area contributed by atoms with Gasteiger partial charge in [0.15, 0.2) is 0 Å². The third kappa shape index (κ3) is 5.30. The average Bonchev–Trinajstić information content (AvgIpc) is 2.92. The van der Waals surface area contributed by atoms with Gasteiger partial charge in [0, 0.05) is 19.7 Å². The van der Waals surface area contributed by atoms with Crippen molar-refractivity contribution in [3.63, 3.8) is 0 Å². The second-order valence-corrected chi connectivity index (χ2v) is 6.09. The van der Waals surface area contributed by atoms with Crippen molar-refractivity contribution >= 4 is 0 Å². The highest BCUT2D eigenvalue weighted by Gasteiger charge is 2.19. The second-order valence-electron chi connectivity index (χ2n) is 6.09. The Hall–Kier alpha value is -1.10. The molecule has 1 aliphatic heterocycles. The molecule has 21 heavy (non-hydrogen) atoms. The SMILES string of the molecule is Cc1ccc(C)c(OCC(O)CN(C)CC2CCCO2)c1. The Morgan fingerprint density at radius 2 is 2.24 bits per heavy atom. The maximum atomic E-state index is 10.1. The van der Waals surface area contributed by atoms with Crippen molar-refractivity contribution < 1.29 is 14.6 Å². The highest BCUT2D eigenvalue weighted by molar-refractivity contribution is 5.35. The Morgan fingerprint density at radius 3 is 2.95 bits per heavy atom. The van der Waals surface area contributed by atoms with Crippen molar-refractivity contribution in [2.45, 2.75) is 38.9 Å². The fourth-order valence-electron chi connectivity index (χ4n) is 2.67. The maximum absolute atomic E-state index is 10.1. The van der Waals surface area contributed by atoms with E-state index in [1.54, 1.807) is 0 Å². The van der Waals surface area contributed by atoms with E-state index >= 15 is 0 Å². The molecular weight excluding hydrogens is 266 g/mol. The Balaban J connectivity index is 1.73. The van der Waals surface area contributed by atoms with Gasteiger partial charge in [0.25, 0.3) is 0 Å². The number of hydrogen-bond acceptors (Lipinski definition) is 4. The first-order valence-corrected chi connectivity index (χ1v) is 7.73. The van der Waals surface area contributed by atoms with Gasteiger partial charge in [-0.05, 0) is 50.9 Å². The lowest BCUT2D eigenvalue weighted by atomic mass is 10.1. The lowest BCUT2D eigenvalue weighted by Gasteiger charge is -2.23. The minimum atomic E-state index is -0.490. The molecule has 0 radical (unpaired) electrons. The summed E-state index contributed by atoms with van der Waals surface area (Å²) >= 11 is 0. The van der Waals surface area contributed by atoms with E-state index in [9.17, 15) is 5.11 Å². The number of aliphatic hydroxyl groups is 1. The van der Waals surface area contributed by atoms with Crippen molar-refractivity contribution in [3.8, 4) is 5.75 Å². The number of ether oxygens (including phenoxy) is 2. The van der Waals surface area contributed by atoms with Crippen molar-refractivity contribution in [2.75, 3.05) is 33.4 Å². The van der Waals surface area contributed by atoms with Gasteiger partial charge in [0.1, 0.15) is 18.5 Å². The monoisotopic (exact) mass is 293 g/mol. The van der Waals surface area contributed by atoms with Gasteiger partial charge in [-0.2, -0.15) is 0 Å². The Labute approximate surface area is 127 Å². The van der Waals surface area contributed by atoms with Crippen LogP contribution in [0, 0.1) is 13.8 Å². The van der Waals surface area contributed by atoms with Crippen molar-refractivity contribution in [1.29, 1.82) is 0 Å². The number of likely N-dealkylation sites (N-methyl/N-ethyl adjacent to an activating group) is 1. The number of rotatable bonds is 7. The van der Waals surface area contributed by atoms with Gasteiger partial charge in [0.05, 0.1) is 6.10 Å². The molecule has 0 spiro atoms. The molecule has 118 valence electrons. The molecule has 1 aromatic rings. The van der Waals surface area contributed by atoms with E-state index < -0.39 is 6.10 Å². The molecule has 0 aromatic heterocycles. The van der Waals surface area contributed by atoms with Gasteiger partial charge in [-0.1, -0.05) is 12.1 Å². The average molecular weight is 293 g/mol. The van der Waals surface area contributed by atoms with Crippen LogP contribution in [0.1, 0.15) is 24.0 Å². The molecule has 0 aliphatic carbocycles. The molecule has 2 rings (SSSR count). The van der Waals surface area contributed by atoms with Gasteiger partial charge in [0.2, 0.25) is 0 Å². The molecule has 2 atom stereocenters. The molecule has 1 N–H and O–H groups in total. The lowest BCUT2D eigenvalue weighted by Crippen LogP contribution is -2.37. The largest absolute Gasteiger partial charge is 0.491 e. The van der Waals surface area contributed by atoms with E-state index in [0.29, 0.717) is 19.3 Å². The maximum Gasteiger partial charge on any atom is 0.122 e. The molecule has 0 bridgehead atoms. The Kier molecular flexibility index (Phi) is 6.03. The van der Waals surface area contributed by atoms with Crippen molar-refractivity contribution in [1.82, 2.24) is 4.90 Å². The van der Waals surface area contributed by atoms with Crippen LogP contribution in [0.3, 0.4) is 0 Å². The fraction of sp³-hybridized carbons (Fsp3) is 0.647. The lowest BCUT2D eigenvalue weighted by molar-refractivity contribution is 0.0442. The summed E-state index contributed by atoms with van der Waals surface area (Å²) < 4.78 is 11.4. The van der Waals surface area contributed by atoms with E-state index in [1.165, 1.54) is 5.56 Å². The summed E-state index contributed by atoms with van der Waals surface area (Å²) in [6.07, 6.45) is 2.11. The van der Waals surface area contributed by atoms with Crippen LogP contribution in [0.2, 0.25) is 0 Å². The molecule has 1 aliphatic rings. The number of aliphatic hydroxyl groups excluding tert-OH is 1. The van der Waals surface area contributed by atoms with E-state index in [4.69, 9.17) is 9.47 Å². The minimum absolute atomic E-state index is 0.320. The zero-order valence-corrected chi connectivity index (χ0v) is 13.3. The third-order valence-electron chi connectivity index (χ3n) is 3.84. The zero-order valence-electron chi connectivity index (χ0n) is 13.3. The minimum Gasteiger partial charge on any atom is -0.491 e. The number of benzene rings is 1. The van der Waals surface area contributed by atoms with Crippen LogP contribution in [0.5, 0.6) is 5.75 Å². The van der Waals surface area contributed by atoms with Gasteiger partial charge < -0.3 is 19.5 Å². The molecule has 4 heteroatoms. The molecule has 4 nitrogen and oxygen atoms in total. The molecule has 1 fully saturated rings. The van der Waals surface area contributed by atoms with Crippen molar-refractivity contribution in [2.24, 2.45) is 0 Å². The number of nitrogens with zero attached hydrogens (tertiary/aromatic N) is 1. The van der Waals surface area contributed by atoms with Gasteiger partial charge >= 0.3 is 0 Å². The smallest absolute Gasteiger partial charge is 0.122 e. The third-order valence-corrected chi connectivity index (χ3v) is 3.84. The van der Waals surface area contributed by atoms with E-state index in [-0.39, 0.29) is 0 Å². The first kappa shape index (κ1) is 16.3. The summed E-state index contributed by atoms with van der Waals surface area (Å²) in [5, 5.41) is 10.1. The van der Waals surface area contributed by atoms with Crippen LogP contribution >= 0.6 is 0 Å². The van der Waals surface area contributed by atoms with Crippen molar-refractivity contribution in [3.05, 3.63) is 29.3 Å². The zero-order chi connectivity index (χ0) is 15.2. The molecular formula is C17H27NO3. The summed E-state index contributed by atoms with van der Waals surface area (Å²) in [6, 6.07) is 6.12. The summed E-state index contributed by atoms with van der Waals surface area (Å²) in [5.41, 5.74) is 2.26. The molecule has 0 saturated carbocycles. The van der Waals surface area contributed by atoms with Crippen LogP contribution in [-0.2, 0) is 4.74 Å². The molecule has 0 amide bonds. The second kappa shape index (κ2) is 7.78. The predicted octanol–water partition coefficient (Wildman–Crippen LogP) is 2.15. The van der Waals surface area contributed by atoms with Crippen LogP contribution < -0.4 is 4.74 Å². The van der Waals surface area contributed by atoms with E-state index in [2.05, 4.69) is 11.0 Å².